The third kappa shape index (κ3) is 6.78. The average Bonchev–Trinajstić information content (AvgIpc) is 2.93. The number of rotatable bonds is 6. The molecular weight excluding hydrogens is 493 g/mol. The second-order valence-corrected chi connectivity index (χ2v) is 9.77. The van der Waals surface area contributed by atoms with Crippen molar-refractivity contribution in [1.29, 1.82) is 0 Å². The van der Waals surface area contributed by atoms with Crippen LogP contribution < -0.4 is 10.1 Å². The van der Waals surface area contributed by atoms with Crippen molar-refractivity contribution in [3.63, 3.8) is 0 Å². The highest BCUT2D eigenvalue weighted by Gasteiger charge is 2.49. The molecule has 0 spiro atoms. The Hall–Kier alpha value is -3.86. The number of urea groups is 1. The molecule has 2 aromatic rings. The highest BCUT2D eigenvalue weighted by molar-refractivity contribution is 5.89. The van der Waals surface area contributed by atoms with Gasteiger partial charge in [0.15, 0.2) is 0 Å². The van der Waals surface area contributed by atoms with E-state index in [1.54, 1.807) is 30.2 Å². The summed E-state index contributed by atoms with van der Waals surface area (Å²) in [6, 6.07) is 13.4. The molecule has 2 aliphatic rings. The zero-order chi connectivity index (χ0) is 27.8. The number of para-hydroxylation sites is 1. The van der Waals surface area contributed by atoms with Crippen molar-refractivity contribution in [2.45, 2.75) is 31.8 Å². The molecule has 0 bridgehead atoms. The summed E-state index contributed by atoms with van der Waals surface area (Å²) in [5.41, 5.74) is 2.80. The molecule has 2 amide bonds. The van der Waals surface area contributed by atoms with Crippen LogP contribution in [-0.2, 0) is 0 Å². The Labute approximate surface area is 230 Å². The minimum absolute atomic E-state index is 0.0132. The van der Waals surface area contributed by atoms with Crippen LogP contribution in [0.5, 0.6) is 5.75 Å². The number of ether oxygens (including phenoxy) is 1. The number of methoxy groups -OCH3 is 1. The van der Waals surface area contributed by atoms with E-state index in [9.17, 15) is 14.3 Å². The van der Waals surface area contributed by atoms with Gasteiger partial charge in [-0.3, -0.25) is 4.90 Å². The SMILES string of the molecule is C=C(/C=C\C(C#Cc1ccc(OC)cc1)=C/C)[C@@H]1[C@@H](CO)N2CCCCN(C(=O)Nc3ccccc3F)C[C@H]12. The number of nitrogens with one attached hydrogen (secondary N) is 1. The Kier molecular flexibility index (Phi) is 9.59. The van der Waals surface area contributed by atoms with E-state index in [1.807, 2.05) is 49.4 Å². The molecule has 0 radical (unpaired) electrons. The summed E-state index contributed by atoms with van der Waals surface area (Å²) in [5.74, 6) is 6.67. The van der Waals surface area contributed by atoms with Crippen molar-refractivity contribution in [1.82, 2.24) is 9.80 Å². The van der Waals surface area contributed by atoms with Crippen molar-refractivity contribution in [2.24, 2.45) is 5.92 Å². The molecule has 2 aliphatic heterocycles. The van der Waals surface area contributed by atoms with Crippen LogP contribution in [0.1, 0.15) is 25.3 Å². The first-order valence-corrected chi connectivity index (χ1v) is 13.3. The third-order valence-corrected chi connectivity index (χ3v) is 7.43. The number of allylic oxidation sites excluding steroid dienone is 4. The Morgan fingerprint density at radius 2 is 1.92 bits per heavy atom. The highest BCUT2D eigenvalue weighted by atomic mass is 19.1. The van der Waals surface area contributed by atoms with Gasteiger partial charge in [0.05, 0.1) is 19.4 Å². The van der Waals surface area contributed by atoms with Crippen LogP contribution >= 0.6 is 0 Å². The first kappa shape index (κ1) is 28.2. The maximum atomic E-state index is 14.1. The van der Waals surface area contributed by atoms with Gasteiger partial charge < -0.3 is 20.1 Å². The lowest BCUT2D eigenvalue weighted by Gasteiger charge is -2.57. The van der Waals surface area contributed by atoms with Gasteiger partial charge in [0.25, 0.3) is 0 Å². The number of aliphatic hydroxyl groups is 1. The minimum Gasteiger partial charge on any atom is -0.497 e. The van der Waals surface area contributed by atoms with E-state index in [0.717, 1.165) is 41.8 Å². The summed E-state index contributed by atoms with van der Waals surface area (Å²) < 4.78 is 19.3. The maximum Gasteiger partial charge on any atom is 0.321 e. The van der Waals surface area contributed by atoms with E-state index in [0.29, 0.717) is 13.1 Å². The largest absolute Gasteiger partial charge is 0.497 e. The minimum atomic E-state index is -0.463. The Morgan fingerprint density at radius 3 is 2.62 bits per heavy atom. The molecule has 2 aromatic carbocycles. The van der Waals surface area contributed by atoms with Crippen LogP contribution in [0.3, 0.4) is 0 Å². The molecule has 204 valence electrons. The van der Waals surface area contributed by atoms with Gasteiger partial charge in [-0.1, -0.05) is 42.7 Å². The smallest absolute Gasteiger partial charge is 0.321 e. The number of anilines is 1. The third-order valence-electron chi connectivity index (χ3n) is 7.43. The number of fused-ring (bicyclic) bond motifs is 1. The van der Waals surface area contributed by atoms with Crippen LogP contribution in [0.4, 0.5) is 14.9 Å². The Morgan fingerprint density at radius 1 is 1.18 bits per heavy atom. The fourth-order valence-electron chi connectivity index (χ4n) is 5.27. The standard InChI is InChI=1S/C32H36FN3O3/c1-4-24(13-14-25-15-17-26(39-3)18-16-25)12-11-23(2)31-29-21-35(19-7-8-20-36(29)30(31)22-37)32(38)34-28-10-6-5-9-27(28)33/h4-6,9-12,15-18,29-31,37H,2,7-8,19-22H2,1,3H3,(H,34,38)/b12-11-,24-4+/t29-,30-,31+/m1/s1. The number of halogens is 1. The van der Waals surface area contributed by atoms with Gasteiger partial charge >= 0.3 is 6.03 Å². The van der Waals surface area contributed by atoms with E-state index in [4.69, 9.17) is 4.74 Å². The number of hydrogen-bond donors (Lipinski definition) is 2. The quantitative estimate of drug-likeness (QED) is 0.397. The van der Waals surface area contributed by atoms with Gasteiger partial charge in [-0.15, -0.1) is 0 Å². The predicted molar refractivity (Wildman–Crippen MR) is 153 cm³/mol. The highest BCUT2D eigenvalue weighted by Crippen LogP contribution is 2.39. The van der Waals surface area contributed by atoms with Crippen LogP contribution in [0.25, 0.3) is 0 Å². The lowest BCUT2D eigenvalue weighted by molar-refractivity contribution is -0.0763. The van der Waals surface area contributed by atoms with Gasteiger partial charge in [-0.05, 0) is 74.4 Å². The summed E-state index contributed by atoms with van der Waals surface area (Å²) in [4.78, 5) is 17.1. The van der Waals surface area contributed by atoms with E-state index < -0.39 is 5.82 Å². The topological polar surface area (TPSA) is 65.0 Å². The monoisotopic (exact) mass is 529 g/mol. The van der Waals surface area contributed by atoms with Crippen molar-refractivity contribution >= 4 is 11.7 Å². The number of benzene rings is 2. The molecule has 4 rings (SSSR count). The lowest BCUT2D eigenvalue weighted by atomic mass is 9.74. The molecule has 2 fully saturated rings. The molecule has 0 aliphatic carbocycles. The number of carbonyl (C=O) groups excluding carboxylic acids is 1. The van der Waals surface area contributed by atoms with E-state index in [-0.39, 0.29) is 36.3 Å². The summed E-state index contributed by atoms with van der Waals surface area (Å²) in [7, 11) is 1.63. The van der Waals surface area contributed by atoms with Crippen molar-refractivity contribution in [3.05, 3.63) is 95.9 Å². The molecule has 0 unspecified atom stereocenters. The number of hydrogen-bond acceptors (Lipinski definition) is 4. The number of amides is 2. The van der Waals surface area contributed by atoms with Gasteiger partial charge in [0.2, 0.25) is 0 Å². The fraction of sp³-hybridized carbons (Fsp3) is 0.344. The fourth-order valence-corrected chi connectivity index (χ4v) is 5.27. The van der Waals surface area contributed by atoms with Crippen LogP contribution in [0, 0.1) is 23.6 Å². The van der Waals surface area contributed by atoms with Crippen LogP contribution in [0.2, 0.25) is 0 Å². The number of aliphatic hydroxyl groups excluding tert-OH is 1. The van der Waals surface area contributed by atoms with Gasteiger partial charge in [0, 0.05) is 42.2 Å². The molecule has 39 heavy (non-hydrogen) atoms. The number of carbonyl (C=O) groups is 1. The molecular formula is C32H36FN3O3. The molecule has 2 saturated heterocycles. The van der Waals surface area contributed by atoms with E-state index in [1.165, 1.54) is 6.07 Å². The molecule has 2 N–H and O–H groups in total. The van der Waals surface area contributed by atoms with E-state index in [2.05, 4.69) is 28.6 Å². The number of nitrogens with zero attached hydrogens (tertiary/aromatic N) is 2. The maximum absolute atomic E-state index is 14.1. The first-order chi connectivity index (χ1) is 18.9. The molecule has 6 nitrogen and oxygen atoms in total. The molecule has 2 heterocycles. The second kappa shape index (κ2) is 13.3. The van der Waals surface area contributed by atoms with Crippen molar-refractivity contribution in [2.75, 3.05) is 38.7 Å². The molecule has 7 heteroatoms. The van der Waals surface area contributed by atoms with Crippen LogP contribution in [-0.4, -0.2) is 66.4 Å². The van der Waals surface area contributed by atoms with Gasteiger partial charge in [-0.25, -0.2) is 9.18 Å². The summed E-state index contributed by atoms with van der Waals surface area (Å²) in [6.45, 7) is 8.21. The summed E-state index contributed by atoms with van der Waals surface area (Å²) >= 11 is 0. The predicted octanol–water partition coefficient (Wildman–Crippen LogP) is 5.23. The van der Waals surface area contributed by atoms with Crippen LogP contribution in [0.15, 0.2) is 84.5 Å². The first-order valence-electron chi connectivity index (χ1n) is 13.3. The molecule has 0 saturated carbocycles. The summed E-state index contributed by atoms with van der Waals surface area (Å²) in [6.07, 6.45) is 7.61. The lowest BCUT2D eigenvalue weighted by Crippen LogP contribution is -2.69. The summed E-state index contributed by atoms with van der Waals surface area (Å²) in [5, 5.41) is 12.9. The van der Waals surface area contributed by atoms with Crippen molar-refractivity contribution in [3.8, 4) is 17.6 Å². The van der Waals surface area contributed by atoms with Gasteiger partial charge in [0.1, 0.15) is 11.6 Å². The normalized spacial score (nSPS) is 21.6. The Bertz CT molecular complexity index is 1290. The molecule has 3 atom stereocenters. The average molecular weight is 530 g/mol. The second-order valence-electron chi connectivity index (χ2n) is 9.77. The zero-order valence-electron chi connectivity index (χ0n) is 22.6. The zero-order valence-corrected chi connectivity index (χ0v) is 22.6. The van der Waals surface area contributed by atoms with E-state index >= 15 is 0 Å². The van der Waals surface area contributed by atoms with Gasteiger partial charge in [-0.2, -0.15) is 0 Å². The Balaban J connectivity index is 1.45. The van der Waals surface area contributed by atoms with Crippen molar-refractivity contribution < 1.29 is 19.0 Å². The molecule has 0 aromatic heterocycles.